The summed E-state index contributed by atoms with van der Waals surface area (Å²) in [7, 11) is 1.86. The van der Waals surface area contributed by atoms with E-state index < -0.39 is 0 Å². The van der Waals surface area contributed by atoms with Crippen LogP contribution in [0.5, 0.6) is 0 Å². The minimum atomic E-state index is 0.0981. The van der Waals surface area contributed by atoms with E-state index in [2.05, 4.69) is 24.3 Å². The first-order valence-electron chi connectivity index (χ1n) is 7.50. The highest BCUT2D eigenvalue weighted by Gasteiger charge is 2.27. The molecule has 1 heterocycles. The third kappa shape index (κ3) is 3.02. The lowest BCUT2D eigenvalue weighted by Gasteiger charge is -2.27. The molecule has 110 valence electrons. The maximum absolute atomic E-state index is 12.6. The van der Waals surface area contributed by atoms with Gasteiger partial charge in [-0.05, 0) is 49.4 Å². The minimum absolute atomic E-state index is 0.0981. The Balaban J connectivity index is 1.66. The zero-order valence-corrected chi connectivity index (χ0v) is 12.6. The number of amides is 1. The van der Waals surface area contributed by atoms with Crippen LogP contribution < -0.4 is 0 Å². The summed E-state index contributed by atoms with van der Waals surface area (Å²) in [6, 6.07) is 12.3. The van der Waals surface area contributed by atoms with Gasteiger partial charge in [-0.2, -0.15) is 0 Å². The van der Waals surface area contributed by atoms with E-state index >= 15 is 0 Å². The summed E-state index contributed by atoms with van der Waals surface area (Å²) in [5, 5.41) is 0. The fraction of sp³-hybridized carbons (Fsp3) is 0.389. The number of rotatable bonds is 3. The molecule has 3 rings (SSSR count). The van der Waals surface area contributed by atoms with Gasteiger partial charge in [0.05, 0.1) is 6.54 Å². The number of carbonyl (C=O) groups excluding carboxylic acids is 1. The van der Waals surface area contributed by atoms with Crippen LogP contribution in [0.15, 0.2) is 40.8 Å². The Labute approximate surface area is 125 Å². The lowest BCUT2D eigenvalue weighted by Crippen LogP contribution is -2.35. The normalized spacial score (nSPS) is 17.3. The smallest absolute Gasteiger partial charge is 0.226 e. The summed E-state index contributed by atoms with van der Waals surface area (Å²) in [6.45, 7) is 2.47. The van der Waals surface area contributed by atoms with E-state index in [1.54, 1.807) is 4.90 Å². The summed E-state index contributed by atoms with van der Waals surface area (Å²) in [4.78, 5) is 14.4. The number of benzene rings is 1. The highest BCUT2D eigenvalue weighted by molar-refractivity contribution is 5.79. The van der Waals surface area contributed by atoms with Gasteiger partial charge in [0.15, 0.2) is 0 Å². The number of hydrogen-bond acceptors (Lipinski definition) is 2. The van der Waals surface area contributed by atoms with Crippen LogP contribution in [-0.4, -0.2) is 17.9 Å². The van der Waals surface area contributed by atoms with Crippen LogP contribution in [0.25, 0.3) is 0 Å². The number of carbonyl (C=O) groups is 1. The van der Waals surface area contributed by atoms with Gasteiger partial charge in [0.25, 0.3) is 0 Å². The summed E-state index contributed by atoms with van der Waals surface area (Å²) >= 11 is 0. The number of furan rings is 1. The molecule has 0 saturated heterocycles. The molecule has 0 bridgehead atoms. The van der Waals surface area contributed by atoms with Crippen molar-refractivity contribution in [3.05, 3.63) is 59.0 Å². The number of fused-ring (bicyclic) bond motifs is 1. The molecule has 1 aliphatic rings. The van der Waals surface area contributed by atoms with E-state index in [0.29, 0.717) is 6.54 Å². The number of nitrogens with zero attached hydrogens (tertiary/aromatic N) is 1. The second kappa shape index (κ2) is 5.76. The second-order valence-electron chi connectivity index (χ2n) is 5.92. The van der Waals surface area contributed by atoms with E-state index in [1.165, 1.54) is 11.1 Å². The molecule has 21 heavy (non-hydrogen) atoms. The fourth-order valence-corrected chi connectivity index (χ4v) is 3.10. The van der Waals surface area contributed by atoms with E-state index in [1.807, 2.05) is 26.1 Å². The molecule has 1 atom stereocenters. The average molecular weight is 283 g/mol. The third-order valence-corrected chi connectivity index (χ3v) is 4.26. The monoisotopic (exact) mass is 283 g/mol. The first-order chi connectivity index (χ1) is 10.1. The molecule has 0 spiro atoms. The molecular formula is C18H21NO2. The van der Waals surface area contributed by atoms with Crippen molar-refractivity contribution < 1.29 is 9.21 Å². The van der Waals surface area contributed by atoms with Gasteiger partial charge in [-0.1, -0.05) is 24.3 Å². The van der Waals surface area contributed by atoms with Crippen molar-refractivity contribution in [3.8, 4) is 0 Å². The predicted octanol–water partition coefficient (Wildman–Crippen LogP) is 3.35. The Morgan fingerprint density at radius 3 is 2.71 bits per heavy atom. The van der Waals surface area contributed by atoms with Crippen LogP contribution in [0.2, 0.25) is 0 Å². The maximum Gasteiger partial charge on any atom is 0.226 e. The summed E-state index contributed by atoms with van der Waals surface area (Å²) < 4.78 is 5.55. The van der Waals surface area contributed by atoms with Gasteiger partial charge in [-0.3, -0.25) is 4.79 Å². The summed E-state index contributed by atoms with van der Waals surface area (Å²) in [5.41, 5.74) is 2.72. The molecule has 1 amide bonds. The molecule has 0 radical (unpaired) electrons. The van der Waals surface area contributed by atoms with Gasteiger partial charge in [0.1, 0.15) is 11.5 Å². The van der Waals surface area contributed by atoms with Crippen LogP contribution in [-0.2, 0) is 24.2 Å². The van der Waals surface area contributed by atoms with Gasteiger partial charge in [0.2, 0.25) is 5.91 Å². The lowest BCUT2D eigenvalue weighted by atomic mass is 9.83. The molecule has 0 N–H and O–H groups in total. The van der Waals surface area contributed by atoms with Gasteiger partial charge in [-0.15, -0.1) is 0 Å². The topological polar surface area (TPSA) is 33.5 Å². The highest BCUT2D eigenvalue weighted by atomic mass is 16.3. The molecule has 0 aliphatic heterocycles. The second-order valence-corrected chi connectivity index (χ2v) is 5.92. The largest absolute Gasteiger partial charge is 0.464 e. The molecule has 3 nitrogen and oxygen atoms in total. The van der Waals surface area contributed by atoms with Crippen LogP contribution >= 0.6 is 0 Å². The van der Waals surface area contributed by atoms with E-state index in [0.717, 1.165) is 30.8 Å². The molecule has 1 aliphatic carbocycles. The van der Waals surface area contributed by atoms with Crippen LogP contribution in [0.1, 0.15) is 29.1 Å². The maximum atomic E-state index is 12.6. The van der Waals surface area contributed by atoms with Gasteiger partial charge in [0, 0.05) is 13.0 Å². The lowest BCUT2D eigenvalue weighted by molar-refractivity contribution is -0.135. The van der Waals surface area contributed by atoms with E-state index in [9.17, 15) is 4.79 Å². The van der Waals surface area contributed by atoms with Crippen molar-refractivity contribution in [3.63, 3.8) is 0 Å². The first kappa shape index (κ1) is 13.9. The quantitative estimate of drug-likeness (QED) is 0.865. The van der Waals surface area contributed by atoms with Crippen molar-refractivity contribution in [2.45, 2.75) is 32.7 Å². The Kier molecular flexibility index (Phi) is 3.82. The van der Waals surface area contributed by atoms with Crippen molar-refractivity contribution >= 4 is 5.91 Å². The predicted molar refractivity (Wildman–Crippen MR) is 81.9 cm³/mol. The zero-order valence-electron chi connectivity index (χ0n) is 12.6. The Hall–Kier alpha value is -2.03. The van der Waals surface area contributed by atoms with Gasteiger partial charge < -0.3 is 9.32 Å². The van der Waals surface area contributed by atoms with Crippen molar-refractivity contribution in [2.24, 2.45) is 5.92 Å². The van der Waals surface area contributed by atoms with E-state index in [4.69, 9.17) is 4.42 Å². The molecule has 1 aromatic carbocycles. The molecule has 0 fully saturated rings. The molecule has 0 unspecified atom stereocenters. The number of hydrogen-bond donors (Lipinski definition) is 0. The fourth-order valence-electron chi connectivity index (χ4n) is 3.10. The molecule has 3 heteroatoms. The molecular weight excluding hydrogens is 262 g/mol. The first-order valence-corrected chi connectivity index (χ1v) is 7.50. The minimum Gasteiger partial charge on any atom is -0.464 e. The van der Waals surface area contributed by atoms with Gasteiger partial charge >= 0.3 is 0 Å². The average Bonchev–Trinajstić information content (AvgIpc) is 2.91. The van der Waals surface area contributed by atoms with Crippen molar-refractivity contribution in [1.29, 1.82) is 0 Å². The highest BCUT2D eigenvalue weighted by Crippen LogP contribution is 2.26. The van der Waals surface area contributed by atoms with Crippen molar-refractivity contribution in [1.82, 2.24) is 4.90 Å². The SMILES string of the molecule is Cc1ccc(CN(C)C(=O)[C@@H]2CCc3ccccc3C2)o1. The number of aryl methyl sites for hydroxylation is 2. The Morgan fingerprint density at radius 1 is 1.24 bits per heavy atom. The molecule has 2 aromatic rings. The Morgan fingerprint density at radius 2 is 2.00 bits per heavy atom. The zero-order chi connectivity index (χ0) is 14.8. The Bertz CT molecular complexity index is 644. The van der Waals surface area contributed by atoms with E-state index in [-0.39, 0.29) is 11.8 Å². The standard InChI is InChI=1S/C18H21NO2/c1-13-7-10-17(21-13)12-19(2)18(20)16-9-8-14-5-3-4-6-15(14)11-16/h3-7,10,16H,8-9,11-12H2,1-2H3/t16-/m1/s1. The third-order valence-electron chi connectivity index (χ3n) is 4.26. The van der Waals surface area contributed by atoms with Gasteiger partial charge in [-0.25, -0.2) is 0 Å². The van der Waals surface area contributed by atoms with Crippen molar-refractivity contribution in [2.75, 3.05) is 7.05 Å². The molecule has 0 saturated carbocycles. The van der Waals surface area contributed by atoms with Crippen LogP contribution in [0, 0.1) is 12.8 Å². The van der Waals surface area contributed by atoms with Crippen LogP contribution in [0.4, 0.5) is 0 Å². The summed E-state index contributed by atoms with van der Waals surface area (Å²) in [6.07, 6.45) is 2.80. The van der Waals surface area contributed by atoms with Crippen LogP contribution in [0.3, 0.4) is 0 Å². The molecule has 1 aromatic heterocycles. The summed E-state index contributed by atoms with van der Waals surface area (Å²) in [5.74, 6) is 2.05.